The lowest BCUT2D eigenvalue weighted by Gasteiger charge is -2.37. The van der Waals surface area contributed by atoms with Gasteiger partial charge in [-0.2, -0.15) is 11.8 Å². The van der Waals surface area contributed by atoms with Crippen molar-refractivity contribution in [2.75, 3.05) is 24.7 Å². The third-order valence-corrected chi connectivity index (χ3v) is 10.2. The molecule has 0 aromatic rings. The van der Waals surface area contributed by atoms with Gasteiger partial charge >= 0.3 is 5.97 Å². The molecule has 0 spiro atoms. The van der Waals surface area contributed by atoms with Crippen molar-refractivity contribution in [1.29, 1.82) is 0 Å². The molecule has 0 bridgehead atoms. The van der Waals surface area contributed by atoms with Gasteiger partial charge in [0.2, 0.25) is 0 Å². The highest BCUT2D eigenvalue weighted by Gasteiger charge is 2.33. The largest absolute Gasteiger partial charge is 0.465 e. The monoisotopic (exact) mass is 350 g/mol. The Balaban J connectivity index is 3.90. The third-order valence-electron chi connectivity index (χ3n) is 4.51. The number of thioether (sulfide) groups is 1. The van der Waals surface area contributed by atoms with Crippen molar-refractivity contribution in [1.82, 2.24) is 0 Å². The highest BCUT2D eigenvalue weighted by atomic mass is 32.2. The molecule has 4 nitrogen and oxygen atoms in total. The average molecular weight is 351 g/mol. The van der Waals surface area contributed by atoms with Crippen LogP contribution < -0.4 is 0 Å². The zero-order chi connectivity index (χ0) is 17.4. The Morgan fingerprint density at radius 3 is 2.36 bits per heavy atom. The topological polar surface area (TPSA) is 66.8 Å². The van der Waals surface area contributed by atoms with E-state index in [0.29, 0.717) is 23.2 Å². The molecule has 22 heavy (non-hydrogen) atoms. The summed E-state index contributed by atoms with van der Waals surface area (Å²) in [5.41, 5.74) is 0. The summed E-state index contributed by atoms with van der Waals surface area (Å²) in [5.74, 6) is 0.701. The van der Waals surface area contributed by atoms with Gasteiger partial charge in [0.25, 0.3) is 0 Å². The quantitative estimate of drug-likeness (QED) is 0.340. The van der Waals surface area contributed by atoms with Crippen LogP contribution in [0.2, 0.25) is 24.7 Å². The normalized spacial score (nSPS) is 15.5. The van der Waals surface area contributed by atoms with Crippen molar-refractivity contribution >= 4 is 25.8 Å². The van der Waals surface area contributed by atoms with Gasteiger partial charge in [-0.3, -0.25) is 4.79 Å². The summed E-state index contributed by atoms with van der Waals surface area (Å²) in [6.07, 6.45) is 1.28. The number of hydrogen-bond acceptors (Lipinski definition) is 5. The molecule has 0 aromatic heterocycles. The minimum Gasteiger partial charge on any atom is -0.465 e. The Kier molecular flexibility index (Phi) is 9.93. The Labute approximate surface area is 141 Å². The van der Waals surface area contributed by atoms with E-state index < -0.39 is 14.2 Å². The summed E-state index contributed by atoms with van der Waals surface area (Å²) in [7, 11) is -1.20. The number of carbonyl (C=O) groups excluding carboxylic acids is 1. The highest BCUT2D eigenvalue weighted by molar-refractivity contribution is 7.99. The van der Waals surface area contributed by atoms with Gasteiger partial charge in [-0.25, -0.2) is 0 Å². The lowest BCUT2D eigenvalue weighted by atomic mass is 10.1. The Bertz CT molecular complexity index is 329. The molecule has 0 amide bonds. The van der Waals surface area contributed by atoms with E-state index in [1.54, 1.807) is 0 Å². The summed E-state index contributed by atoms with van der Waals surface area (Å²) in [6.45, 7) is 13.8. The van der Waals surface area contributed by atoms with Crippen LogP contribution in [0, 0.1) is 5.92 Å². The number of aliphatic hydroxyl groups is 2. The minimum atomic E-state index is -1.20. The highest BCUT2D eigenvalue weighted by Crippen LogP contribution is 2.41. The van der Waals surface area contributed by atoms with Crippen molar-refractivity contribution in [3.05, 3.63) is 0 Å². The van der Waals surface area contributed by atoms with Crippen LogP contribution in [0.15, 0.2) is 0 Å². The van der Waals surface area contributed by atoms with E-state index in [1.165, 1.54) is 11.8 Å². The molecule has 0 rings (SSSR count). The molecule has 2 N–H and O–H groups in total. The van der Waals surface area contributed by atoms with Gasteiger partial charge in [0.1, 0.15) is 0 Å². The maximum absolute atomic E-state index is 11.9. The second kappa shape index (κ2) is 9.95. The molecule has 0 saturated carbocycles. The van der Waals surface area contributed by atoms with Crippen molar-refractivity contribution in [2.24, 2.45) is 5.92 Å². The first kappa shape index (κ1) is 22.0. The minimum absolute atomic E-state index is 0.170. The number of rotatable bonds is 11. The van der Waals surface area contributed by atoms with Gasteiger partial charge in [0, 0.05) is 19.6 Å². The lowest BCUT2D eigenvalue weighted by Crippen LogP contribution is -2.35. The van der Waals surface area contributed by atoms with Crippen molar-refractivity contribution in [3.63, 3.8) is 0 Å². The third kappa shape index (κ3) is 8.55. The van der Waals surface area contributed by atoms with E-state index in [1.807, 2.05) is 6.92 Å². The molecule has 0 fully saturated rings. The van der Waals surface area contributed by atoms with Crippen LogP contribution in [0.4, 0.5) is 0 Å². The first-order valence-electron chi connectivity index (χ1n) is 8.04. The lowest BCUT2D eigenvalue weighted by molar-refractivity contribution is -0.147. The van der Waals surface area contributed by atoms with Gasteiger partial charge in [-0.05, 0) is 17.9 Å². The molecule has 0 aliphatic carbocycles. The molecule has 132 valence electrons. The molecule has 0 saturated heterocycles. The van der Waals surface area contributed by atoms with E-state index in [2.05, 4.69) is 33.5 Å². The predicted molar refractivity (Wildman–Crippen MR) is 97.2 cm³/mol. The number of aliphatic hydroxyl groups excluding tert-OH is 2. The number of carbonyl (C=O) groups is 1. The number of hydrogen-bond donors (Lipinski definition) is 2. The fourth-order valence-corrected chi connectivity index (χ4v) is 3.64. The molecule has 0 aliphatic heterocycles. The van der Waals surface area contributed by atoms with E-state index in [4.69, 9.17) is 9.84 Å². The van der Waals surface area contributed by atoms with Crippen LogP contribution in [0.3, 0.4) is 0 Å². The maximum Gasteiger partial charge on any atom is 0.309 e. The van der Waals surface area contributed by atoms with Crippen LogP contribution in [0.5, 0.6) is 0 Å². The smallest absolute Gasteiger partial charge is 0.309 e. The molecule has 0 radical (unpaired) electrons. The predicted octanol–water partition coefficient (Wildman–Crippen LogP) is 3.15. The first-order chi connectivity index (χ1) is 10.0. The molecule has 6 heteroatoms. The molecule has 2 atom stereocenters. The second-order valence-corrected chi connectivity index (χ2v) is 14.6. The van der Waals surface area contributed by atoms with E-state index in [9.17, 15) is 9.90 Å². The zero-order valence-electron chi connectivity index (χ0n) is 15.0. The van der Waals surface area contributed by atoms with Gasteiger partial charge in [-0.15, -0.1) is 0 Å². The van der Waals surface area contributed by atoms with E-state index >= 15 is 0 Å². The van der Waals surface area contributed by atoms with E-state index in [-0.39, 0.29) is 18.5 Å². The summed E-state index contributed by atoms with van der Waals surface area (Å²) in [5, 5.41) is 18.3. The SMILES string of the molecule is CC(CSCC(O)CO)C(=O)OCCCC(C)(C)[Si](C)(C)C. The van der Waals surface area contributed by atoms with Crippen molar-refractivity contribution < 1.29 is 19.7 Å². The Hall–Kier alpha value is -0.0431. The fourth-order valence-electron chi connectivity index (χ4n) is 1.71. The summed E-state index contributed by atoms with van der Waals surface area (Å²) in [6, 6.07) is 0. The van der Waals surface area contributed by atoms with Crippen molar-refractivity contribution in [2.45, 2.75) is 64.4 Å². The standard InChI is InChI=1S/C16H34O4SSi/c1-13(11-21-12-14(18)10-17)15(19)20-9-7-8-16(2,3)22(4,5)6/h13-14,17-18H,7-12H2,1-6H3. The van der Waals surface area contributed by atoms with Crippen molar-refractivity contribution in [3.8, 4) is 0 Å². The number of esters is 1. The van der Waals surface area contributed by atoms with Gasteiger partial charge in [0.15, 0.2) is 0 Å². The van der Waals surface area contributed by atoms with Crippen LogP contribution in [-0.4, -0.2) is 55.1 Å². The molecule has 0 aliphatic rings. The summed E-state index contributed by atoms with van der Waals surface area (Å²) < 4.78 is 5.35. The van der Waals surface area contributed by atoms with Gasteiger partial charge < -0.3 is 14.9 Å². The Morgan fingerprint density at radius 2 is 1.86 bits per heavy atom. The summed E-state index contributed by atoms with van der Waals surface area (Å²) >= 11 is 1.46. The maximum atomic E-state index is 11.9. The zero-order valence-corrected chi connectivity index (χ0v) is 16.8. The Morgan fingerprint density at radius 1 is 1.27 bits per heavy atom. The van der Waals surface area contributed by atoms with Crippen LogP contribution >= 0.6 is 11.8 Å². The van der Waals surface area contributed by atoms with Crippen LogP contribution in [0.1, 0.15) is 33.6 Å². The molecule has 0 aromatic carbocycles. The van der Waals surface area contributed by atoms with Gasteiger partial charge in [0.05, 0.1) is 25.2 Å². The molecule has 0 heterocycles. The number of ether oxygens (including phenoxy) is 1. The molecular formula is C16H34O4SSi. The molecular weight excluding hydrogens is 316 g/mol. The second-order valence-electron chi connectivity index (χ2n) is 7.68. The average Bonchev–Trinajstić information content (AvgIpc) is 2.41. The van der Waals surface area contributed by atoms with Gasteiger partial charge in [-0.1, -0.05) is 40.4 Å². The van der Waals surface area contributed by atoms with E-state index in [0.717, 1.165) is 12.8 Å². The fraction of sp³-hybridized carbons (Fsp3) is 0.938. The molecule has 2 unspecified atom stereocenters. The first-order valence-corrected chi connectivity index (χ1v) is 12.7. The van der Waals surface area contributed by atoms with Crippen LogP contribution in [-0.2, 0) is 9.53 Å². The van der Waals surface area contributed by atoms with Crippen LogP contribution in [0.25, 0.3) is 0 Å². The summed E-state index contributed by atoms with van der Waals surface area (Å²) in [4.78, 5) is 11.9.